The average Bonchev–Trinajstić information content (AvgIpc) is 2.84. The fourth-order valence-electron chi connectivity index (χ4n) is 3.64. The van der Waals surface area contributed by atoms with E-state index >= 15 is 0 Å². The van der Waals surface area contributed by atoms with Gasteiger partial charge in [-0.1, -0.05) is 19.8 Å². The third kappa shape index (κ3) is 6.01. The van der Waals surface area contributed by atoms with Gasteiger partial charge in [-0.3, -0.25) is 4.79 Å². The number of carbonyl (C=O) groups is 1. The zero-order valence-electron chi connectivity index (χ0n) is 15.0. The van der Waals surface area contributed by atoms with E-state index in [1.54, 1.807) is 0 Å². The first-order valence-electron chi connectivity index (χ1n) is 9.51. The van der Waals surface area contributed by atoms with Crippen LogP contribution in [0.25, 0.3) is 0 Å². The first-order valence-corrected chi connectivity index (χ1v) is 11.1. The SMILES string of the molecule is CCCS(=O)(=O)N1CCC[C@@H](C(=O)NCCN2CCCCCC2)C1. The number of nitrogens with zero attached hydrogens (tertiary/aromatic N) is 2. The van der Waals surface area contributed by atoms with Crippen LogP contribution in [-0.4, -0.2) is 68.6 Å². The lowest BCUT2D eigenvalue weighted by atomic mass is 9.99. The van der Waals surface area contributed by atoms with E-state index in [-0.39, 0.29) is 17.6 Å². The van der Waals surface area contributed by atoms with Crippen LogP contribution in [0.15, 0.2) is 0 Å². The number of carbonyl (C=O) groups excluding carboxylic acids is 1. The van der Waals surface area contributed by atoms with Crippen LogP contribution in [0.2, 0.25) is 0 Å². The number of hydrogen-bond acceptors (Lipinski definition) is 4. The molecule has 1 N–H and O–H groups in total. The molecule has 1 atom stereocenters. The maximum absolute atomic E-state index is 12.4. The maximum atomic E-state index is 12.4. The van der Waals surface area contributed by atoms with Crippen LogP contribution in [0.3, 0.4) is 0 Å². The Kier molecular flexibility index (Phi) is 7.97. The fourth-order valence-corrected chi connectivity index (χ4v) is 5.23. The van der Waals surface area contributed by atoms with Crippen molar-refractivity contribution in [3.8, 4) is 0 Å². The van der Waals surface area contributed by atoms with Crippen molar-refractivity contribution >= 4 is 15.9 Å². The van der Waals surface area contributed by atoms with Crippen LogP contribution in [-0.2, 0) is 14.8 Å². The monoisotopic (exact) mass is 359 g/mol. The van der Waals surface area contributed by atoms with E-state index in [2.05, 4.69) is 10.2 Å². The number of rotatable bonds is 7. The van der Waals surface area contributed by atoms with E-state index in [0.717, 1.165) is 32.5 Å². The van der Waals surface area contributed by atoms with Crippen molar-refractivity contribution < 1.29 is 13.2 Å². The lowest BCUT2D eigenvalue weighted by Gasteiger charge is -2.31. The van der Waals surface area contributed by atoms with Gasteiger partial charge in [-0.25, -0.2) is 12.7 Å². The summed E-state index contributed by atoms with van der Waals surface area (Å²) in [5.74, 6) is -0.00762. The van der Waals surface area contributed by atoms with Gasteiger partial charge in [0.1, 0.15) is 0 Å². The van der Waals surface area contributed by atoms with Gasteiger partial charge in [0.15, 0.2) is 0 Å². The summed E-state index contributed by atoms with van der Waals surface area (Å²) in [6.45, 7) is 6.59. The predicted molar refractivity (Wildman–Crippen MR) is 96.3 cm³/mol. The Balaban J connectivity index is 1.75. The summed E-state index contributed by atoms with van der Waals surface area (Å²) < 4.78 is 25.9. The average molecular weight is 360 g/mol. The molecule has 0 unspecified atom stereocenters. The molecule has 140 valence electrons. The Hall–Kier alpha value is -0.660. The largest absolute Gasteiger partial charge is 0.355 e. The van der Waals surface area contributed by atoms with Gasteiger partial charge < -0.3 is 10.2 Å². The zero-order valence-corrected chi connectivity index (χ0v) is 15.8. The molecule has 2 saturated heterocycles. The Morgan fingerprint density at radius 1 is 1.08 bits per heavy atom. The summed E-state index contributed by atoms with van der Waals surface area (Å²) in [4.78, 5) is 14.8. The molecule has 2 heterocycles. The molecule has 2 aliphatic rings. The van der Waals surface area contributed by atoms with Gasteiger partial charge in [-0.15, -0.1) is 0 Å². The van der Waals surface area contributed by atoms with E-state index in [1.807, 2.05) is 6.92 Å². The minimum atomic E-state index is -3.20. The van der Waals surface area contributed by atoms with Gasteiger partial charge in [-0.2, -0.15) is 0 Å². The van der Waals surface area contributed by atoms with Crippen molar-refractivity contribution in [2.24, 2.45) is 5.92 Å². The minimum Gasteiger partial charge on any atom is -0.355 e. The number of nitrogens with one attached hydrogen (secondary N) is 1. The Bertz CT molecular complexity index is 487. The molecule has 0 bridgehead atoms. The molecule has 0 radical (unpaired) electrons. The maximum Gasteiger partial charge on any atom is 0.224 e. The summed E-state index contributed by atoms with van der Waals surface area (Å²) in [5, 5.41) is 3.02. The number of hydrogen-bond donors (Lipinski definition) is 1. The van der Waals surface area contributed by atoms with E-state index in [9.17, 15) is 13.2 Å². The highest BCUT2D eigenvalue weighted by Gasteiger charge is 2.31. The van der Waals surface area contributed by atoms with Crippen molar-refractivity contribution in [1.29, 1.82) is 0 Å². The van der Waals surface area contributed by atoms with Gasteiger partial charge >= 0.3 is 0 Å². The third-order valence-electron chi connectivity index (χ3n) is 5.04. The van der Waals surface area contributed by atoms with E-state index in [0.29, 0.717) is 26.1 Å². The molecule has 24 heavy (non-hydrogen) atoms. The summed E-state index contributed by atoms with van der Waals surface area (Å²) in [6.07, 6.45) is 7.30. The Labute approximate surface area is 147 Å². The summed E-state index contributed by atoms with van der Waals surface area (Å²) in [5.41, 5.74) is 0. The molecule has 0 aromatic rings. The number of likely N-dealkylation sites (tertiary alicyclic amines) is 1. The molecule has 1 amide bonds. The smallest absolute Gasteiger partial charge is 0.224 e. The Morgan fingerprint density at radius 3 is 2.46 bits per heavy atom. The minimum absolute atomic E-state index is 0.0150. The highest BCUT2D eigenvalue weighted by Crippen LogP contribution is 2.20. The van der Waals surface area contributed by atoms with Gasteiger partial charge in [0.2, 0.25) is 15.9 Å². The normalized spacial score (nSPS) is 24.5. The molecule has 0 aromatic carbocycles. The van der Waals surface area contributed by atoms with E-state index in [4.69, 9.17) is 0 Å². The van der Waals surface area contributed by atoms with Crippen molar-refractivity contribution in [3.05, 3.63) is 0 Å². The molecule has 6 nitrogen and oxygen atoms in total. The van der Waals surface area contributed by atoms with Crippen molar-refractivity contribution in [3.63, 3.8) is 0 Å². The van der Waals surface area contributed by atoms with Crippen LogP contribution in [0, 0.1) is 5.92 Å². The standard InChI is InChI=1S/C17H33N3O3S/c1-2-14-24(22,23)20-12-7-8-16(15-20)17(21)18-9-13-19-10-5-3-4-6-11-19/h16H,2-15H2,1H3,(H,18,21)/t16-/m1/s1. The van der Waals surface area contributed by atoms with Crippen LogP contribution in [0.5, 0.6) is 0 Å². The quantitative estimate of drug-likeness (QED) is 0.747. The van der Waals surface area contributed by atoms with Crippen LogP contribution in [0.1, 0.15) is 51.9 Å². The lowest BCUT2D eigenvalue weighted by Crippen LogP contribution is -2.47. The van der Waals surface area contributed by atoms with Gasteiger partial charge in [0.05, 0.1) is 11.7 Å². The second-order valence-corrected chi connectivity index (χ2v) is 9.15. The van der Waals surface area contributed by atoms with Gasteiger partial charge in [0.25, 0.3) is 0 Å². The van der Waals surface area contributed by atoms with E-state index < -0.39 is 10.0 Å². The van der Waals surface area contributed by atoms with E-state index in [1.165, 1.54) is 30.0 Å². The molecular weight excluding hydrogens is 326 g/mol. The highest BCUT2D eigenvalue weighted by atomic mass is 32.2. The molecule has 2 rings (SSSR count). The summed E-state index contributed by atoms with van der Waals surface area (Å²) in [7, 11) is -3.20. The molecule has 0 aromatic heterocycles. The number of amides is 1. The predicted octanol–water partition coefficient (Wildman–Crippen LogP) is 1.43. The number of piperidine rings is 1. The third-order valence-corrected chi connectivity index (χ3v) is 7.08. The Morgan fingerprint density at radius 2 is 1.79 bits per heavy atom. The lowest BCUT2D eigenvalue weighted by molar-refractivity contribution is -0.126. The van der Waals surface area contributed by atoms with Crippen LogP contribution >= 0.6 is 0 Å². The first-order chi connectivity index (χ1) is 11.5. The van der Waals surface area contributed by atoms with Crippen LogP contribution in [0.4, 0.5) is 0 Å². The van der Waals surface area contributed by atoms with Crippen molar-refractivity contribution in [1.82, 2.24) is 14.5 Å². The molecule has 0 saturated carbocycles. The molecule has 7 heteroatoms. The second kappa shape index (κ2) is 9.73. The fraction of sp³-hybridized carbons (Fsp3) is 0.941. The molecule has 0 aliphatic carbocycles. The van der Waals surface area contributed by atoms with Gasteiger partial charge in [-0.05, 0) is 45.2 Å². The molecular formula is C17H33N3O3S. The van der Waals surface area contributed by atoms with Gasteiger partial charge in [0, 0.05) is 26.2 Å². The zero-order chi connectivity index (χ0) is 17.4. The highest BCUT2D eigenvalue weighted by molar-refractivity contribution is 7.89. The van der Waals surface area contributed by atoms with Crippen molar-refractivity contribution in [2.75, 3.05) is 45.0 Å². The summed E-state index contributed by atoms with van der Waals surface area (Å²) in [6, 6.07) is 0. The summed E-state index contributed by atoms with van der Waals surface area (Å²) >= 11 is 0. The second-order valence-electron chi connectivity index (χ2n) is 7.06. The number of sulfonamides is 1. The molecule has 2 fully saturated rings. The van der Waals surface area contributed by atoms with Crippen LogP contribution < -0.4 is 5.32 Å². The van der Waals surface area contributed by atoms with Crippen molar-refractivity contribution in [2.45, 2.75) is 51.9 Å². The topological polar surface area (TPSA) is 69.7 Å². The first kappa shape index (κ1) is 19.7. The molecule has 0 spiro atoms. The molecule has 2 aliphatic heterocycles.